The second-order valence-electron chi connectivity index (χ2n) is 4.07. The summed E-state index contributed by atoms with van der Waals surface area (Å²) in [6.07, 6.45) is 0.412. The van der Waals surface area contributed by atoms with Gasteiger partial charge >= 0.3 is 0 Å². The molecule has 0 aliphatic carbocycles. The summed E-state index contributed by atoms with van der Waals surface area (Å²) >= 11 is 9.40. The molecule has 0 radical (unpaired) electrons. The Labute approximate surface area is 119 Å². The van der Waals surface area contributed by atoms with Crippen LogP contribution in [-0.2, 0) is 6.42 Å². The van der Waals surface area contributed by atoms with E-state index in [4.69, 9.17) is 17.3 Å². The fraction of sp³-hybridized carbons (Fsp3) is 0.143. The van der Waals surface area contributed by atoms with Crippen molar-refractivity contribution in [3.8, 4) is 0 Å². The van der Waals surface area contributed by atoms with Crippen molar-refractivity contribution >= 4 is 27.5 Å². The van der Waals surface area contributed by atoms with Crippen LogP contribution in [0.1, 0.15) is 17.2 Å². The third-order valence-corrected chi connectivity index (χ3v) is 3.59. The highest BCUT2D eigenvalue weighted by atomic mass is 79.9. The number of hydrogen-bond acceptors (Lipinski definition) is 1. The Bertz CT molecular complexity index is 559. The van der Waals surface area contributed by atoms with E-state index in [1.807, 2.05) is 18.2 Å². The van der Waals surface area contributed by atoms with Gasteiger partial charge in [-0.15, -0.1) is 0 Å². The summed E-state index contributed by atoms with van der Waals surface area (Å²) in [5.74, 6) is -0.249. The molecule has 1 atom stereocenters. The lowest BCUT2D eigenvalue weighted by Gasteiger charge is -2.14. The molecule has 2 rings (SSSR count). The first-order valence-electron chi connectivity index (χ1n) is 5.52. The van der Waals surface area contributed by atoms with E-state index in [-0.39, 0.29) is 11.9 Å². The zero-order valence-electron chi connectivity index (χ0n) is 9.54. The fourth-order valence-corrected chi connectivity index (χ4v) is 2.51. The average molecular weight is 329 g/mol. The summed E-state index contributed by atoms with van der Waals surface area (Å²) in [5, 5.41) is 0.611. The maximum absolute atomic E-state index is 13.6. The minimum atomic E-state index is -0.317. The average Bonchev–Trinajstić information content (AvgIpc) is 2.34. The van der Waals surface area contributed by atoms with Gasteiger partial charge in [0.1, 0.15) is 5.82 Å². The van der Waals surface area contributed by atoms with Crippen LogP contribution >= 0.6 is 27.5 Å². The zero-order valence-corrected chi connectivity index (χ0v) is 11.9. The summed E-state index contributed by atoms with van der Waals surface area (Å²) in [6.45, 7) is 0. The number of benzene rings is 2. The minimum Gasteiger partial charge on any atom is -0.324 e. The van der Waals surface area contributed by atoms with Crippen LogP contribution in [0.25, 0.3) is 0 Å². The highest BCUT2D eigenvalue weighted by Crippen LogP contribution is 2.25. The van der Waals surface area contributed by atoms with Crippen LogP contribution in [0, 0.1) is 5.82 Å². The predicted molar refractivity (Wildman–Crippen MR) is 76.2 cm³/mol. The Morgan fingerprint density at radius 2 is 1.94 bits per heavy atom. The second kappa shape index (κ2) is 5.83. The van der Waals surface area contributed by atoms with Gasteiger partial charge in [0.05, 0.1) is 0 Å². The van der Waals surface area contributed by atoms with E-state index in [1.165, 1.54) is 6.07 Å². The first kappa shape index (κ1) is 13.5. The van der Waals surface area contributed by atoms with Gasteiger partial charge in [0.15, 0.2) is 0 Å². The Hall–Kier alpha value is -0.900. The van der Waals surface area contributed by atoms with Crippen LogP contribution < -0.4 is 5.73 Å². The number of nitrogens with two attached hydrogens (primary N) is 1. The van der Waals surface area contributed by atoms with Crippen LogP contribution in [0.4, 0.5) is 4.39 Å². The predicted octanol–water partition coefficient (Wildman–Crippen LogP) is 4.48. The molecule has 2 aromatic carbocycles. The molecular formula is C14H12BrClFN. The lowest BCUT2D eigenvalue weighted by molar-refractivity contribution is 0.593. The van der Waals surface area contributed by atoms with Gasteiger partial charge in [-0.2, -0.15) is 0 Å². The van der Waals surface area contributed by atoms with E-state index in [1.54, 1.807) is 18.2 Å². The molecule has 2 aromatic rings. The summed E-state index contributed by atoms with van der Waals surface area (Å²) < 4.78 is 14.5. The summed E-state index contributed by atoms with van der Waals surface area (Å²) in [5.41, 5.74) is 7.49. The molecule has 0 amide bonds. The van der Waals surface area contributed by atoms with Gasteiger partial charge in [-0.1, -0.05) is 45.7 Å². The Morgan fingerprint density at radius 3 is 2.67 bits per heavy atom. The van der Waals surface area contributed by atoms with Gasteiger partial charge in [-0.3, -0.25) is 0 Å². The molecule has 0 saturated carbocycles. The third kappa shape index (κ3) is 3.10. The minimum absolute atomic E-state index is 0.249. The van der Waals surface area contributed by atoms with Crippen LogP contribution in [0.3, 0.4) is 0 Å². The maximum Gasteiger partial charge on any atom is 0.126 e. The van der Waals surface area contributed by atoms with Crippen LogP contribution in [-0.4, -0.2) is 0 Å². The standard InChI is InChI=1S/C14H12BrClFN/c15-10-5-6-13(17)9(7-10)8-14(18)11-3-1-2-4-12(11)16/h1-7,14H,8,18H2. The molecule has 1 nitrogen and oxygen atoms in total. The van der Waals surface area contributed by atoms with Gasteiger partial charge < -0.3 is 5.73 Å². The van der Waals surface area contributed by atoms with Crippen molar-refractivity contribution in [2.45, 2.75) is 12.5 Å². The number of rotatable bonds is 3. The third-order valence-electron chi connectivity index (χ3n) is 2.75. The first-order chi connectivity index (χ1) is 8.58. The van der Waals surface area contributed by atoms with Crippen molar-refractivity contribution in [2.24, 2.45) is 5.73 Å². The molecule has 0 heterocycles. The van der Waals surface area contributed by atoms with Gasteiger partial charge in [0.2, 0.25) is 0 Å². The smallest absolute Gasteiger partial charge is 0.126 e. The molecule has 18 heavy (non-hydrogen) atoms. The Morgan fingerprint density at radius 1 is 1.22 bits per heavy atom. The maximum atomic E-state index is 13.6. The molecule has 4 heteroatoms. The van der Waals surface area contributed by atoms with Crippen molar-refractivity contribution in [2.75, 3.05) is 0 Å². The van der Waals surface area contributed by atoms with E-state index >= 15 is 0 Å². The van der Waals surface area contributed by atoms with Gasteiger partial charge in [-0.05, 0) is 41.8 Å². The molecule has 0 fully saturated rings. The molecule has 0 aliphatic heterocycles. The van der Waals surface area contributed by atoms with Crippen molar-refractivity contribution in [1.82, 2.24) is 0 Å². The molecular weight excluding hydrogens is 317 g/mol. The van der Waals surface area contributed by atoms with Gasteiger partial charge in [0.25, 0.3) is 0 Å². The highest BCUT2D eigenvalue weighted by Gasteiger charge is 2.13. The molecule has 94 valence electrons. The van der Waals surface area contributed by atoms with Crippen molar-refractivity contribution in [1.29, 1.82) is 0 Å². The first-order valence-corrected chi connectivity index (χ1v) is 6.69. The Balaban J connectivity index is 2.24. The van der Waals surface area contributed by atoms with E-state index in [0.717, 1.165) is 10.0 Å². The number of hydrogen-bond donors (Lipinski definition) is 1. The largest absolute Gasteiger partial charge is 0.324 e. The highest BCUT2D eigenvalue weighted by molar-refractivity contribution is 9.10. The van der Waals surface area contributed by atoms with Gasteiger partial charge in [-0.25, -0.2) is 4.39 Å². The van der Waals surface area contributed by atoms with E-state index < -0.39 is 0 Å². The van der Waals surface area contributed by atoms with E-state index in [9.17, 15) is 4.39 Å². The lowest BCUT2D eigenvalue weighted by atomic mass is 9.99. The summed E-state index contributed by atoms with van der Waals surface area (Å²) in [4.78, 5) is 0. The summed E-state index contributed by atoms with van der Waals surface area (Å²) in [7, 11) is 0. The quantitative estimate of drug-likeness (QED) is 0.883. The van der Waals surface area contributed by atoms with Gasteiger partial charge in [0, 0.05) is 15.5 Å². The molecule has 0 bridgehead atoms. The van der Waals surface area contributed by atoms with Crippen molar-refractivity contribution < 1.29 is 4.39 Å². The van der Waals surface area contributed by atoms with E-state index in [0.29, 0.717) is 17.0 Å². The normalized spacial score (nSPS) is 12.4. The monoisotopic (exact) mass is 327 g/mol. The van der Waals surface area contributed by atoms with Crippen molar-refractivity contribution in [3.05, 3.63) is 68.9 Å². The zero-order chi connectivity index (χ0) is 13.1. The summed E-state index contributed by atoms with van der Waals surface area (Å²) in [6, 6.07) is 11.9. The van der Waals surface area contributed by atoms with Crippen LogP contribution in [0.2, 0.25) is 5.02 Å². The van der Waals surface area contributed by atoms with Crippen molar-refractivity contribution in [3.63, 3.8) is 0 Å². The molecule has 0 aromatic heterocycles. The second-order valence-corrected chi connectivity index (χ2v) is 5.39. The van der Waals surface area contributed by atoms with Crippen LogP contribution in [0.15, 0.2) is 46.9 Å². The Kier molecular flexibility index (Phi) is 4.38. The molecule has 0 saturated heterocycles. The molecule has 1 unspecified atom stereocenters. The molecule has 0 spiro atoms. The van der Waals surface area contributed by atoms with Crippen LogP contribution in [0.5, 0.6) is 0 Å². The topological polar surface area (TPSA) is 26.0 Å². The fourth-order valence-electron chi connectivity index (χ4n) is 1.82. The number of halogens is 3. The molecule has 0 aliphatic rings. The molecule has 2 N–H and O–H groups in total. The SMILES string of the molecule is NC(Cc1cc(Br)ccc1F)c1ccccc1Cl. The lowest BCUT2D eigenvalue weighted by Crippen LogP contribution is -2.14. The van der Waals surface area contributed by atoms with E-state index in [2.05, 4.69) is 15.9 Å².